The second-order valence-corrected chi connectivity index (χ2v) is 6.02. The molecule has 6 nitrogen and oxygen atoms in total. The lowest BCUT2D eigenvalue weighted by Gasteiger charge is -2.11. The number of halogens is 1. The van der Waals surface area contributed by atoms with Gasteiger partial charge in [-0.05, 0) is 36.4 Å². The predicted octanol–water partition coefficient (Wildman–Crippen LogP) is 4.25. The van der Waals surface area contributed by atoms with E-state index < -0.39 is 5.91 Å². The van der Waals surface area contributed by atoms with Crippen molar-refractivity contribution in [2.75, 3.05) is 17.7 Å². The summed E-state index contributed by atoms with van der Waals surface area (Å²) in [5.74, 6) is -0.320. The number of carbonyl (C=O) groups excluding carboxylic acids is 2. The number of hydrogen-bond donors (Lipinski definition) is 2. The number of carbonyl (C=O) groups is 2. The van der Waals surface area contributed by atoms with Gasteiger partial charge in [0, 0.05) is 23.1 Å². The first-order chi connectivity index (χ1) is 13.1. The molecular formula is C20H16ClN3O3. The molecule has 0 saturated heterocycles. The Bertz CT molecular complexity index is 977. The molecule has 0 fully saturated rings. The molecule has 3 aromatic rings. The lowest BCUT2D eigenvalue weighted by molar-refractivity contribution is 0.102. The van der Waals surface area contributed by atoms with Gasteiger partial charge in [-0.3, -0.25) is 14.6 Å². The molecule has 0 radical (unpaired) electrons. The number of amides is 2. The van der Waals surface area contributed by atoms with E-state index in [4.69, 9.17) is 16.3 Å². The van der Waals surface area contributed by atoms with E-state index in [9.17, 15) is 9.59 Å². The SMILES string of the molecule is COc1ccc(Cl)cc1NC(=O)c1cncc(C(=O)Nc2ccccc2)c1. The summed E-state index contributed by atoms with van der Waals surface area (Å²) in [6.45, 7) is 0. The van der Waals surface area contributed by atoms with Crippen LogP contribution in [0.15, 0.2) is 67.0 Å². The van der Waals surface area contributed by atoms with Crippen molar-refractivity contribution in [3.05, 3.63) is 83.1 Å². The van der Waals surface area contributed by atoms with Crippen LogP contribution in [-0.4, -0.2) is 23.9 Å². The highest BCUT2D eigenvalue weighted by molar-refractivity contribution is 6.31. The van der Waals surface area contributed by atoms with Crippen molar-refractivity contribution < 1.29 is 14.3 Å². The molecule has 0 unspecified atom stereocenters. The molecule has 1 aromatic heterocycles. The minimum Gasteiger partial charge on any atom is -0.495 e. The normalized spacial score (nSPS) is 10.1. The smallest absolute Gasteiger partial charge is 0.257 e. The van der Waals surface area contributed by atoms with E-state index in [1.54, 1.807) is 30.3 Å². The third kappa shape index (κ3) is 4.62. The fraction of sp³-hybridized carbons (Fsp3) is 0.0500. The average molecular weight is 382 g/mol. The van der Waals surface area contributed by atoms with Gasteiger partial charge >= 0.3 is 0 Å². The molecule has 27 heavy (non-hydrogen) atoms. The Morgan fingerprint density at radius 3 is 2.26 bits per heavy atom. The van der Waals surface area contributed by atoms with E-state index in [0.717, 1.165) is 0 Å². The summed E-state index contributed by atoms with van der Waals surface area (Å²) in [6, 6.07) is 15.4. The number of ether oxygens (including phenoxy) is 1. The molecule has 0 bridgehead atoms. The Balaban J connectivity index is 1.78. The third-order valence-electron chi connectivity index (χ3n) is 3.70. The summed E-state index contributed by atoms with van der Waals surface area (Å²) >= 11 is 5.97. The van der Waals surface area contributed by atoms with E-state index >= 15 is 0 Å². The number of anilines is 2. The van der Waals surface area contributed by atoms with E-state index in [-0.39, 0.29) is 17.0 Å². The maximum Gasteiger partial charge on any atom is 0.257 e. The number of nitrogens with one attached hydrogen (secondary N) is 2. The summed E-state index contributed by atoms with van der Waals surface area (Å²) in [5.41, 5.74) is 1.58. The third-order valence-corrected chi connectivity index (χ3v) is 3.94. The summed E-state index contributed by atoms with van der Waals surface area (Å²) in [6.07, 6.45) is 2.78. The van der Waals surface area contributed by atoms with Gasteiger partial charge in [-0.15, -0.1) is 0 Å². The van der Waals surface area contributed by atoms with E-state index in [1.807, 2.05) is 18.2 Å². The van der Waals surface area contributed by atoms with Gasteiger partial charge in [-0.1, -0.05) is 29.8 Å². The number of hydrogen-bond acceptors (Lipinski definition) is 4. The first-order valence-electron chi connectivity index (χ1n) is 8.03. The first kappa shape index (κ1) is 18.4. The topological polar surface area (TPSA) is 80.3 Å². The summed E-state index contributed by atoms with van der Waals surface area (Å²) in [5, 5.41) is 5.92. The van der Waals surface area contributed by atoms with Crippen LogP contribution in [0.1, 0.15) is 20.7 Å². The largest absolute Gasteiger partial charge is 0.495 e. The lowest BCUT2D eigenvalue weighted by atomic mass is 10.1. The predicted molar refractivity (Wildman–Crippen MR) is 105 cm³/mol. The van der Waals surface area contributed by atoms with Crippen LogP contribution in [-0.2, 0) is 0 Å². The first-order valence-corrected chi connectivity index (χ1v) is 8.41. The van der Waals surface area contributed by atoms with Crippen LogP contribution in [0.2, 0.25) is 5.02 Å². The van der Waals surface area contributed by atoms with Gasteiger partial charge in [0.1, 0.15) is 5.75 Å². The van der Waals surface area contributed by atoms with Gasteiger partial charge in [0.05, 0.1) is 23.9 Å². The number of benzene rings is 2. The number of rotatable bonds is 5. The van der Waals surface area contributed by atoms with E-state index in [1.165, 1.54) is 25.6 Å². The maximum atomic E-state index is 12.5. The highest BCUT2D eigenvalue weighted by atomic mass is 35.5. The van der Waals surface area contributed by atoms with Crippen LogP contribution in [0.3, 0.4) is 0 Å². The molecule has 1 heterocycles. The molecule has 136 valence electrons. The molecule has 0 aliphatic heterocycles. The van der Waals surface area contributed by atoms with Crippen LogP contribution >= 0.6 is 11.6 Å². The van der Waals surface area contributed by atoms with Crippen LogP contribution in [0.25, 0.3) is 0 Å². The van der Waals surface area contributed by atoms with Crippen molar-refractivity contribution in [3.8, 4) is 5.75 Å². The Morgan fingerprint density at radius 1 is 0.926 bits per heavy atom. The van der Waals surface area contributed by atoms with Gasteiger partial charge in [0.2, 0.25) is 0 Å². The second kappa shape index (κ2) is 8.33. The number of methoxy groups -OCH3 is 1. The number of para-hydroxylation sites is 1. The quantitative estimate of drug-likeness (QED) is 0.692. The molecular weight excluding hydrogens is 366 g/mol. The second-order valence-electron chi connectivity index (χ2n) is 5.58. The van der Waals surface area contributed by atoms with Crippen molar-refractivity contribution in [1.82, 2.24) is 4.98 Å². The Morgan fingerprint density at radius 2 is 1.59 bits per heavy atom. The molecule has 0 saturated carbocycles. The highest BCUT2D eigenvalue weighted by Crippen LogP contribution is 2.28. The van der Waals surface area contributed by atoms with Crippen molar-refractivity contribution in [2.45, 2.75) is 0 Å². The molecule has 2 amide bonds. The van der Waals surface area contributed by atoms with Crippen molar-refractivity contribution in [3.63, 3.8) is 0 Å². The number of aromatic nitrogens is 1. The van der Waals surface area contributed by atoms with E-state index in [2.05, 4.69) is 15.6 Å². The van der Waals surface area contributed by atoms with Gasteiger partial charge in [-0.2, -0.15) is 0 Å². The standard InChI is InChI=1S/C20H16ClN3O3/c1-27-18-8-7-15(21)10-17(18)24-20(26)14-9-13(11-22-12-14)19(25)23-16-5-3-2-4-6-16/h2-12H,1H3,(H,23,25)(H,24,26). The van der Waals surface area contributed by atoms with Gasteiger partial charge < -0.3 is 15.4 Å². The lowest BCUT2D eigenvalue weighted by Crippen LogP contribution is -2.16. The molecule has 0 aliphatic rings. The molecule has 3 rings (SSSR count). The fourth-order valence-corrected chi connectivity index (χ4v) is 2.56. The van der Waals surface area contributed by atoms with Crippen molar-refractivity contribution in [2.24, 2.45) is 0 Å². The zero-order valence-electron chi connectivity index (χ0n) is 14.4. The molecule has 0 spiro atoms. The summed E-state index contributed by atoms with van der Waals surface area (Å²) < 4.78 is 5.21. The molecule has 2 N–H and O–H groups in total. The van der Waals surface area contributed by atoms with Crippen LogP contribution in [0.4, 0.5) is 11.4 Å². The van der Waals surface area contributed by atoms with Crippen LogP contribution < -0.4 is 15.4 Å². The van der Waals surface area contributed by atoms with Crippen LogP contribution in [0.5, 0.6) is 5.75 Å². The zero-order chi connectivity index (χ0) is 19.2. The molecule has 2 aromatic carbocycles. The van der Waals surface area contributed by atoms with Gasteiger partial charge in [-0.25, -0.2) is 0 Å². The zero-order valence-corrected chi connectivity index (χ0v) is 15.2. The van der Waals surface area contributed by atoms with E-state index in [0.29, 0.717) is 22.1 Å². The fourth-order valence-electron chi connectivity index (χ4n) is 2.39. The van der Waals surface area contributed by atoms with Gasteiger partial charge in [0.25, 0.3) is 11.8 Å². The summed E-state index contributed by atoms with van der Waals surface area (Å²) in [4.78, 5) is 28.9. The Hall–Kier alpha value is -3.38. The Labute approximate surface area is 161 Å². The molecule has 0 atom stereocenters. The Kier molecular flexibility index (Phi) is 5.68. The summed E-state index contributed by atoms with van der Waals surface area (Å²) in [7, 11) is 1.50. The minimum absolute atomic E-state index is 0.234. The van der Waals surface area contributed by atoms with Crippen molar-refractivity contribution in [1.29, 1.82) is 0 Å². The molecule has 0 aliphatic carbocycles. The van der Waals surface area contributed by atoms with Crippen molar-refractivity contribution >= 4 is 34.8 Å². The maximum absolute atomic E-state index is 12.5. The van der Waals surface area contributed by atoms with Gasteiger partial charge in [0.15, 0.2) is 0 Å². The molecule has 7 heteroatoms. The number of nitrogens with zero attached hydrogens (tertiary/aromatic N) is 1. The van der Waals surface area contributed by atoms with Crippen LogP contribution in [0, 0.1) is 0 Å². The average Bonchev–Trinajstić information content (AvgIpc) is 2.69. The number of pyridine rings is 1. The monoisotopic (exact) mass is 381 g/mol. The minimum atomic E-state index is -0.433. The highest BCUT2D eigenvalue weighted by Gasteiger charge is 2.14.